The highest BCUT2D eigenvalue weighted by molar-refractivity contribution is 5.25. The first-order chi connectivity index (χ1) is 11.5. The Morgan fingerprint density at radius 1 is 1.08 bits per heavy atom. The van der Waals surface area contributed by atoms with Gasteiger partial charge in [-0.05, 0) is 36.3 Å². The molecule has 0 bridgehead atoms. The van der Waals surface area contributed by atoms with Gasteiger partial charge in [-0.25, -0.2) is 0 Å². The lowest BCUT2D eigenvalue weighted by Gasteiger charge is -2.29. The predicted octanol–water partition coefficient (Wildman–Crippen LogP) is 4.42. The van der Waals surface area contributed by atoms with E-state index in [0.717, 1.165) is 0 Å². The first kappa shape index (κ1) is 21.1. The topological polar surface area (TPSA) is 55.5 Å². The van der Waals surface area contributed by atoms with Crippen LogP contribution < -0.4 is 5.73 Å². The van der Waals surface area contributed by atoms with E-state index in [1.54, 1.807) is 7.11 Å². The Balaban J connectivity index is 2.42. The molecule has 0 spiro atoms. The number of methoxy groups -OCH3 is 1. The molecule has 0 radical (unpaired) electrons. The van der Waals surface area contributed by atoms with Gasteiger partial charge in [0.15, 0.2) is 0 Å². The molecular weight excluding hydrogens is 298 g/mol. The number of aryl methyl sites for hydroxylation is 1. The molecule has 1 aromatic carbocycles. The molecular formula is C21H37NO2. The highest BCUT2D eigenvalue weighted by atomic mass is 16.5. The first-order valence-corrected chi connectivity index (χ1v) is 9.52. The van der Waals surface area contributed by atoms with Crippen LogP contribution in [0.4, 0.5) is 0 Å². The third-order valence-corrected chi connectivity index (χ3v) is 4.83. The van der Waals surface area contributed by atoms with Crippen LogP contribution in [0.1, 0.15) is 75.8 Å². The molecule has 1 rings (SSSR count). The lowest BCUT2D eigenvalue weighted by molar-refractivity contribution is 0.0779. The predicted molar refractivity (Wildman–Crippen MR) is 102 cm³/mol. The van der Waals surface area contributed by atoms with Crippen LogP contribution in [-0.4, -0.2) is 31.0 Å². The van der Waals surface area contributed by atoms with Gasteiger partial charge >= 0.3 is 0 Å². The summed E-state index contributed by atoms with van der Waals surface area (Å²) >= 11 is 0. The van der Waals surface area contributed by atoms with Gasteiger partial charge in [0.25, 0.3) is 0 Å². The molecule has 24 heavy (non-hydrogen) atoms. The van der Waals surface area contributed by atoms with Crippen molar-refractivity contribution in [3.63, 3.8) is 0 Å². The van der Waals surface area contributed by atoms with Crippen LogP contribution in [0.15, 0.2) is 24.3 Å². The molecule has 0 aliphatic carbocycles. The van der Waals surface area contributed by atoms with E-state index in [4.69, 9.17) is 10.5 Å². The van der Waals surface area contributed by atoms with Crippen molar-refractivity contribution < 1.29 is 9.84 Å². The second-order valence-electron chi connectivity index (χ2n) is 7.32. The Labute approximate surface area is 148 Å². The van der Waals surface area contributed by atoms with E-state index in [2.05, 4.69) is 38.1 Å². The maximum Gasteiger partial charge on any atom is 0.0665 e. The third kappa shape index (κ3) is 7.78. The molecule has 3 N–H and O–H groups in total. The van der Waals surface area contributed by atoms with Gasteiger partial charge in [-0.1, -0.05) is 70.2 Å². The quantitative estimate of drug-likeness (QED) is 0.525. The van der Waals surface area contributed by atoms with E-state index in [1.807, 2.05) is 0 Å². The van der Waals surface area contributed by atoms with E-state index in [0.29, 0.717) is 18.9 Å². The summed E-state index contributed by atoms with van der Waals surface area (Å²) in [7, 11) is 1.62. The van der Waals surface area contributed by atoms with Crippen molar-refractivity contribution in [3.05, 3.63) is 35.4 Å². The van der Waals surface area contributed by atoms with Crippen LogP contribution in [0.5, 0.6) is 0 Å². The zero-order valence-electron chi connectivity index (χ0n) is 15.9. The average Bonchev–Trinajstić information content (AvgIpc) is 2.58. The number of nitrogens with two attached hydrogens (primary N) is 1. The number of unbranched alkanes of at least 4 members (excludes halogenated alkanes) is 5. The molecule has 1 aromatic rings. The first-order valence-electron chi connectivity index (χ1n) is 9.52. The lowest BCUT2D eigenvalue weighted by Crippen LogP contribution is -2.48. The SMILES string of the molecule is CCCCCCCCc1ccc(C(C)CC(N)(CO)COC)cc1. The number of hydrogen-bond acceptors (Lipinski definition) is 3. The maximum absolute atomic E-state index is 9.53. The summed E-state index contributed by atoms with van der Waals surface area (Å²) < 4.78 is 5.15. The molecule has 3 nitrogen and oxygen atoms in total. The molecule has 0 aliphatic heterocycles. The average molecular weight is 336 g/mol. The molecule has 0 fully saturated rings. The fraction of sp³-hybridized carbons (Fsp3) is 0.714. The smallest absolute Gasteiger partial charge is 0.0665 e. The van der Waals surface area contributed by atoms with Crippen LogP contribution in [0.25, 0.3) is 0 Å². The van der Waals surface area contributed by atoms with Crippen LogP contribution in [0.3, 0.4) is 0 Å². The van der Waals surface area contributed by atoms with Crippen molar-refractivity contribution in [1.29, 1.82) is 0 Å². The lowest BCUT2D eigenvalue weighted by atomic mass is 9.86. The molecule has 0 aliphatic rings. The van der Waals surface area contributed by atoms with E-state index in [9.17, 15) is 5.11 Å². The minimum absolute atomic E-state index is 0.0543. The second kappa shape index (κ2) is 11.6. The zero-order chi connectivity index (χ0) is 17.8. The number of rotatable bonds is 13. The van der Waals surface area contributed by atoms with Gasteiger partial charge in [-0.15, -0.1) is 0 Å². The molecule has 138 valence electrons. The molecule has 0 saturated carbocycles. The minimum Gasteiger partial charge on any atom is -0.394 e. The normalized spacial score (nSPS) is 15.2. The maximum atomic E-state index is 9.53. The summed E-state index contributed by atoms with van der Waals surface area (Å²) in [5, 5.41) is 9.53. The summed E-state index contributed by atoms with van der Waals surface area (Å²) in [4.78, 5) is 0. The number of hydrogen-bond donors (Lipinski definition) is 2. The Kier molecular flexibility index (Phi) is 10.2. The number of aliphatic hydroxyl groups is 1. The Hall–Kier alpha value is -0.900. The highest BCUT2D eigenvalue weighted by Gasteiger charge is 2.27. The molecule has 0 saturated heterocycles. The molecule has 0 amide bonds. The Bertz CT molecular complexity index is 432. The third-order valence-electron chi connectivity index (χ3n) is 4.83. The number of benzene rings is 1. The Morgan fingerprint density at radius 3 is 2.29 bits per heavy atom. The summed E-state index contributed by atoms with van der Waals surface area (Å²) in [6, 6.07) is 8.90. The number of ether oxygens (including phenoxy) is 1. The van der Waals surface area contributed by atoms with Crippen molar-refractivity contribution in [2.75, 3.05) is 20.3 Å². The van der Waals surface area contributed by atoms with E-state index in [1.165, 1.54) is 56.1 Å². The van der Waals surface area contributed by atoms with Gasteiger partial charge in [0.05, 0.1) is 18.8 Å². The molecule has 3 heteroatoms. The standard InChI is InChI=1S/C21H37NO2/c1-4-5-6-7-8-9-10-19-11-13-20(14-12-19)18(2)15-21(22,16-23)17-24-3/h11-14,18,23H,4-10,15-17,22H2,1-3H3. The minimum atomic E-state index is -0.661. The zero-order valence-corrected chi connectivity index (χ0v) is 15.9. The molecule has 2 unspecified atom stereocenters. The monoisotopic (exact) mass is 335 g/mol. The van der Waals surface area contributed by atoms with Gasteiger partial charge in [0.2, 0.25) is 0 Å². The summed E-state index contributed by atoms with van der Waals surface area (Å²) in [5.74, 6) is 0.306. The fourth-order valence-electron chi connectivity index (χ4n) is 3.31. The van der Waals surface area contributed by atoms with Crippen LogP contribution in [0.2, 0.25) is 0 Å². The van der Waals surface area contributed by atoms with E-state index in [-0.39, 0.29) is 6.61 Å². The molecule has 0 heterocycles. The van der Waals surface area contributed by atoms with Gasteiger partial charge in [0.1, 0.15) is 0 Å². The van der Waals surface area contributed by atoms with Crippen molar-refractivity contribution in [3.8, 4) is 0 Å². The fourth-order valence-corrected chi connectivity index (χ4v) is 3.31. The van der Waals surface area contributed by atoms with Gasteiger partial charge in [-0.3, -0.25) is 0 Å². The highest BCUT2D eigenvalue weighted by Crippen LogP contribution is 2.25. The van der Waals surface area contributed by atoms with Gasteiger partial charge in [0, 0.05) is 7.11 Å². The largest absolute Gasteiger partial charge is 0.394 e. The van der Waals surface area contributed by atoms with Crippen molar-refractivity contribution in [2.45, 2.75) is 76.7 Å². The van der Waals surface area contributed by atoms with Gasteiger partial charge in [-0.2, -0.15) is 0 Å². The Morgan fingerprint density at radius 2 is 1.71 bits per heavy atom. The number of aliphatic hydroxyl groups excluding tert-OH is 1. The second-order valence-corrected chi connectivity index (χ2v) is 7.32. The van der Waals surface area contributed by atoms with Crippen LogP contribution in [0, 0.1) is 0 Å². The van der Waals surface area contributed by atoms with Crippen molar-refractivity contribution >= 4 is 0 Å². The van der Waals surface area contributed by atoms with Crippen molar-refractivity contribution in [1.82, 2.24) is 0 Å². The van der Waals surface area contributed by atoms with E-state index >= 15 is 0 Å². The van der Waals surface area contributed by atoms with Crippen LogP contribution in [-0.2, 0) is 11.2 Å². The van der Waals surface area contributed by atoms with Crippen molar-refractivity contribution in [2.24, 2.45) is 5.73 Å². The summed E-state index contributed by atoms with van der Waals surface area (Å²) in [5.41, 5.74) is 8.25. The van der Waals surface area contributed by atoms with E-state index < -0.39 is 5.54 Å². The summed E-state index contributed by atoms with van der Waals surface area (Å²) in [6.07, 6.45) is 9.92. The van der Waals surface area contributed by atoms with Crippen LogP contribution >= 0.6 is 0 Å². The molecule has 2 atom stereocenters. The summed E-state index contributed by atoms with van der Waals surface area (Å²) in [6.45, 7) is 4.74. The van der Waals surface area contributed by atoms with Gasteiger partial charge < -0.3 is 15.6 Å². The molecule has 0 aromatic heterocycles.